The first-order valence-corrected chi connectivity index (χ1v) is 13.1. The van der Waals surface area contributed by atoms with E-state index >= 15 is 0 Å². The smallest absolute Gasteiger partial charge is 0.337 e. The van der Waals surface area contributed by atoms with Gasteiger partial charge in [0.05, 0.1) is 12.2 Å². The highest BCUT2D eigenvalue weighted by Crippen LogP contribution is 2.22. The lowest BCUT2D eigenvalue weighted by Crippen LogP contribution is -2.63. The van der Waals surface area contributed by atoms with Gasteiger partial charge >= 0.3 is 5.97 Å². The Morgan fingerprint density at radius 1 is 1.06 bits per heavy atom. The van der Waals surface area contributed by atoms with Crippen LogP contribution in [0.5, 0.6) is 0 Å². The Labute approximate surface area is 202 Å². The third kappa shape index (κ3) is 12.5. The number of nitrogens with zero attached hydrogens (tertiary/aromatic N) is 3. The summed E-state index contributed by atoms with van der Waals surface area (Å²) in [6.45, 7) is 17.2. The van der Waals surface area contributed by atoms with Crippen LogP contribution < -0.4 is 5.73 Å². The average molecular weight is 463 g/mol. The van der Waals surface area contributed by atoms with E-state index in [1.165, 1.54) is 82.9 Å². The van der Waals surface area contributed by atoms with Gasteiger partial charge in [0, 0.05) is 44.1 Å². The van der Waals surface area contributed by atoms with Crippen molar-refractivity contribution >= 4 is 5.97 Å². The van der Waals surface area contributed by atoms with Crippen molar-refractivity contribution < 1.29 is 9.90 Å². The summed E-state index contributed by atoms with van der Waals surface area (Å²) >= 11 is 0. The first-order valence-electron chi connectivity index (χ1n) is 13.1. The van der Waals surface area contributed by atoms with Crippen LogP contribution in [0.1, 0.15) is 96.3 Å². The van der Waals surface area contributed by atoms with E-state index in [0.29, 0.717) is 0 Å². The lowest BCUT2D eigenvalue weighted by molar-refractivity contribution is 0.0182. The fraction of sp³-hybridized carbons (Fsp3) is 0.778. The van der Waals surface area contributed by atoms with E-state index < -0.39 is 5.97 Å². The molecule has 1 fully saturated rings. The Morgan fingerprint density at radius 2 is 1.58 bits per heavy atom. The van der Waals surface area contributed by atoms with Gasteiger partial charge in [0.2, 0.25) is 0 Å². The highest BCUT2D eigenvalue weighted by Gasteiger charge is 2.33. The molecule has 1 aliphatic heterocycles. The third-order valence-corrected chi connectivity index (χ3v) is 6.60. The molecule has 0 aliphatic carbocycles. The molecule has 3 N–H and O–H groups in total. The van der Waals surface area contributed by atoms with E-state index in [9.17, 15) is 4.79 Å². The Bertz CT molecular complexity index is 610. The summed E-state index contributed by atoms with van der Waals surface area (Å²) in [7, 11) is 0. The van der Waals surface area contributed by atoms with Crippen molar-refractivity contribution in [1.29, 1.82) is 0 Å². The van der Waals surface area contributed by atoms with Crippen LogP contribution in [0.2, 0.25) is 0 Å². The zero-order valence-electron chi connectivity index (χ0n) is 21.9. The quantitative estimate of drug-likeness (QED) is 0.403. The van der Waals surface area contributed by atoms with Gasteiger partial charge in [0.25, 0.3) is 0 Å². The molecule has 2 rings (SSSR count). The molecule has 0 bridgehead atoms. The number of pyridine rings is 1. The van der Waals surface area contributed by atoms with Crippen LogP contribution in [0.15, 0.2) is 24.5 Å². The van der Waals surface area contributed by atoms with Crippen molar-refractivity contribution in [3.05, 3.63) is 30.1 Å². The Kier molecular flexibility index (Phi) is 14.5. The zero-order valence-corrected chi connectivity index (χ0v) is 21.9. The van der Waals surface area contributed by atoms with Crippen LogP contribution in [0.4, 0.5) is 0 Å². The molecule has 0 saturated carbocycles. The molecule has 2 unspecified atom stereocenters. The van der Waals surface area contributed by atoms with Crippen molar-refractivity contribution in [2.45, 2.75) is 91.5 Å². The van der Waals surface area contributed by atoms with E-state index in [1.807, 2.05) is 0 Å². The van der Waals surface area contributed by atoms with Gasteiger partial charge in [0.1, 0.15) is 0 Å². The first-order chi connectivity index (χ1) is 15.7. The fourth-order valence-corrected chi connectivity index (χ4v) is 4.75. The molecule has 6 heteroatoms. The van der Waals surface area contributed by atoms with Crippen molar-refractivity contribution in [2.75, 3.05) is 32.8 Å². The fourth-order valence-electron chi connectivity index (χ4n) is 4.75. The third-order valence-electron chi connectivity index (χ3n) is 6.60. The molecule has 1 aromatic heterocycles. The molecule has 1 saturated heterocycles. The monoisotopic (exact) mass is 462 g/mol. The molecule has 33 heavy (non-hydrogen) atoms. The summed E-state index contributed by atoms with van der Waals surface area (Å²) in [5.74, 6) is 0.730. The van der Waals surface area contributed by atoms with Gasteiger partial charge < -0.3 is 10.8 Å². The molecule has 190 valence electrons. The maximum absolute atomic E-state index is 10.2. The van der Waals surface area contributed by atoms with Gasteiger partial charge in [0.15, 0.2) is 0 Å². The van der Waals surface area contributed by atoms with Gasteiger partial charge in [-0.3, -0.25) is 14.8 Å². The second kappa shape index (κ2) is 16.2. The molecule has 1 aliphatic rings. The molecule has 2 heterocycles. The molecule has 0 aromatic carbocycles. The van der Waals surface area contributed by atoms with Crippen molar-refractivity contribution in [3.8, 4) is 0 Å². The summed E-state index contributed by atoms with van der Waals surface area (Å²) in [6.07, 6.45) is 13.5. The number of rotatable bonds is 13. The number of nitrogens with two attached hydrogens (primary N) is 1. The minimum absolute atomic E-state index is 0.0651. The second-order valence-electron chi connectivity index (χ2n) is 10.2. The Hall–Kier alpha value is -1.50. The molecule has 2 atom stereocenters. The van der Waals surface area contributed by atoms with Crippen LogP contribution in [-0.2, 0) is 0 Å². The minimum Gasteiger partial charge on any atom is -0.478 e. The number of aromatic nitrogens is 1. The molecule has 1 aromatic rings. The first kappa shape index (κ1) is 29.5. The van der Waals surface area contributed by atoms with Gasteiger partial charge in [-0.05, 0) is 43.7 Å². The topological polar surface area (TPSA) is 82.7 Å². The van der Waals surface area contributed by atoms with Crippen molar-refractivity contribution in [3.63, 3.8) is 0 Å². The van der Waals surface area contributed by atoms with Crippen LogP contribution in [-0.4, -0.2) is 64.2 Å². The van der Waals surface area contributed by atoms with Gasteiger partial charge in [-0.1, -0.05) is 66.2 Å². The van der Waals surface area contributed by atoms with E-state index in [2.05, 4.69) is 49.4 Å². The second-order valence-corrected chi connectivity index (χ2v) is 10.2. The summed E-state index contributed by atoms with van der Waals surface area (Å²) in [5.41, 5.74) is 6.76. The Balaban J connectivity index is 0.000000502. The highest BCUT2D eigenvalue weighted by atomic mass is 16.4. The molecule has 6 nitrogen and oxygen atoms in total. The van der Waals surface area contributed by atoms with E-state index in [0.717, 1.165) is 31.6 Å². The predicted molar refractivity (Wildman–Crippen MR) is 138 cm³/mol. The lowest BCUT2D eigenvalue weighted by Gasteiger charge is -2.46. The summed E-state index contributed by atoms with van der Waals surface area (Å²) < 4.78 is 0. The highest BCUT2D eigenvalue weighted by molar-refractivity contribution is 5.86. The van der Waals surface area contributed by atoms with Crippen LogP contribution in [0.3, 0.4) is 0 Å². The maximum Gasteiger partial charge on any atom is 0.337 e. The molecule has 0 amide bonds. The van der Waals surface area contributed by atoms with Gasteiger partial charge in [-0.2, -0.15) is 0 Å². The number of carboxylic acid groups (broad SMARTS) is 1. The minimum atomic E-state index is -0.942. The van der Waals surface area contributed by atoms with Crippen LogP contribution in [0, 0.1) is 11.8 Å². The zero-order chi connectivity index (χ0) is 24.7. The number of carbonyl (C=O) groups is 1. The molecule has 0 radical (unpaired) electrons. The summed E-state index contributed by atoms with van der Waals surface area (Å²) in [4.78, 5) is 19.1. The van der Waals surface area contributed by atoms with E-state index in [4.69, 9.17) is 10.8 Å². The molecular weight excluding hydrogens is 412 g/mol. The SMILES string of the molecule is CCCCC(CC)CN1CN(CC(CC)CCCC)CC(C)(N)C1.O=C(O)c1cccnc1. The van der Waals surface area contributed by atoms with Crippen LogP contribution in [0.25, 0.3) is 0 Å². The Morgan fingerprint density at radius 3 is 1.91 bits per heavy atom. The van der Waals surface area contributed by atoms with Crippen LogP contribution >= 0.6 is 0 Å². The number of carboxylic acids is 1. The van der Waals surface area contributed by atoms with E-state index in [1.54, 1.807) is 6.07 Å². The normalized spacial score (nSPS) is 21.2. The standard InChI is InChI=1S/C21H45N3.C6H5NO2/c1-6-10-12-19(8-3)14-23-16-21(5,22)17-24(18-23)15-20(9-4)13-11-7-2;8-6(9)5-2-1-3-7-4-5/h19-20H,6-18,22H2,1-5H3;1-4H,(H,8,9). The number of hydrogen-bond donors (Lipinski definition) is 2. The average Bonchev–Trinajstić information content (AvgIpc) is 2.79. The van der Waals surface area contributed by atoms with Gasteiger partial charge in [-0.15, -0.1) is 0 Å². The predicted octanol–water partition coefficient (Wildman–Crippen LogP) is 5.49. The van der Waals surface area contributed by atoms with Crippen molar-refractivity contribution in [2.24, 2.45) is 17.6 Å². The largest absolute Gasteiger partial charge is 0.478 e. The lowest BCUT2D eigenvalue weighted by atomic mass is 9.94. The van der Waals surface area contributed by atoms with Gasteiger partial charge in [-0.25, -0.2) is 4.79 Å². The molecular formula is C27H50N4O2. The number of aromatic carboxylic acids is 1. The van der Waals surface area contributed by atoms with E-state index in [-0.39, 0.29) is 11.1 Å². The number of hydrogen-bond acceptors (Lipinski definition) is 5. The summed E-state index contributed by atoms with van der Waals surface area (Å²) in [5, 5.41) is 8.34. The summed E-state index contributed by atoms with van der Waals surface area (Å²) in [6, 6.07) is 3.08. The molecule has 0 spiro atoms. The number of unbranched alkanes of at least 4 members (excludes halogenated alkanes) is 2. The maximum atomic E-state index is 10.2. The van der Waals surface area contributed by atoms with Crippen molar-refractivity contribution in [1.82, 2.24) is 14.8 Å².